The topological polar surface area (TPSA) is 58.6 Å². The fourth-order valence-electron chi connectivity index (χ4n) is 2.00. The van der Waals surface area contributed by atoms with E-state index in [0.29, 0.717) is 0 Å². The van der Waals surface area contributed by atoms with E-state index in [4.69, 9.17) is 9.84 Å². The van der Waals surface area contributed by atoms with Gasteiger partial charge < -0.3 is 15.2 Å². The van der Waals surface area contributed by atoms with Gasteiger partial charge in [-0.3, -0.25) is 4.79 Å². The van der Waals surface area contributed by atoms with E-state index in [-0.39, 0.29) is 12.6 Å². The summed E-state index contributed by atoms with van der Waals surface area (Å²) in [6, 6.07) is 12.0. The van der Waals surface area contributed by atoms with Gasteiger partial charge in [-0.25, -0.2) is 0 Å². The minimum Gasteiger partial charge on any atom is -0.497 e. The first-order valence-electron chi connectivity index (χ1n) is 6.13. The number of fused-ring (bicyclic) bond motifs is 1. The second kappa shape index (κ2) is 5.71. The van der Waals surface area contributed by atoms with Gasteiger partial charge in [0.1, 0.15) is 5.75 Å². The van der Waals surface area contributed by atoms with Crippen molar-refractivity contribution >= 4 is 16.7 Å². The molecule has 0 amide bonds. The summed E-state index contributed by atoms with van der Waals surface area (Å²) in [5.41, 5.74) is 1.07. The van der Waals surface area contributed by atoms with E-state index in [1.807, 2.05) is 37.3 Å². The molecule has 19 heavy (non-hydrogen) atoms. The number of carboxylic acids is 1. The molecule has 2 aromatic carbocycles. The third-order valence-electron chi connectivity index (χ3n) is 3.13. The minimum atomic E-state index is -0.850. The third-order valence-corrected chi connectivity index (χ3v) is 3.13. The molecule has 0 radical (unpaired) electrons. The van der Waals surface area contributed by atoms with E-state index in [1.165, 1.54) is 0 Å². The van der Waals surface area contributed by atoms with E-state index < -0.39 is 5.97 Å². The van der Waals surface area contributed by atoms with Gasteiger partial charge in [0.25, 0.3) is 0 Å². The highest BCUT2D eigenvalue weighted by Gasteiger charge is 2.07. The fraction of sp³-hybridized carbons (Fsp3) is 0.267. The molecule has 0 saturated carbocycles. The molecule has 0 heterocycles. The summed E-state index contributed by atoms with van der Waals surface area (Å²) in [4.78, 5) is 10.5. The molecule has 0 aromatic heterocycles. The van der Waals surface area contributed by atoms with Crippen LogP contribution >= 0.6 is 0 Å². The zero-order valence-electron chi connectivity index (χ0n) is 11.0. The molecule has 0 fully saturated rings. The van der Waals surface area contributed by atoms with Crippen LogP contribution in [0.15, 0.2) is 36.4 Å². The van der Waals surface area contributed by atoms with E-state index in [1.54, 1.807) is 7.11 Å². The number of ether oxygens (including phenoxy) is 1. The Hall–Kier alpha value is -2.07. The number of carboxylic acid groups (broad SMARTS) is 1. The van der Waals surface area contributed by atoms with E-state index >= 15 is 0 Å². The molecule has 1 atom stereocenters. The molecule has 0 aliphatic carbocycles. The van der Waals surface area contributed by atoms with Gasteiger partial charge in [-0.2, -0.15) is 0 Å². The van der Waals surface area contributed by atoms with Crippen LogP contribution in [-0.4, -0.2) is 24.7 Å². The normalized spacial score (nSPS) is 12.3. The largest absolute Gasteiger partial charge is 0.497 e. The number of nitrogens with one attached hydrogen (secondary N) is 1. The molecule has 0 aliphatic rings. The Labute approximate surface area is 112 Å². The molecular formula is C15H17NO3. The number of methoxy groups -OCH3 is 1. The molecule has 2 N–H and O–H groups in total. The number of benzene rings is 2. The van der Waals surface area contributed by atoms with Crippen LogP contribution in [0, 0.1) is 0 Å². The van der Waals surface area contributed by atoms with Crippen LogP contribution in [0.25, 0.3) is 10.8 Å². The van der Waals surface area contributed by atoms with E-state index in [0.717, 1.165) is 22.1 Å². The Balaban J connectivity index is 2.23. The van der Waals surface area contributed by atoms with Gasteiger partial charge in [0, 0.05) is 6.04 Å². The highest BCUT2D eigenvalue weighted by molar-refractivity contribution is 5.84. The second-order valence-electron chi connectivity index (χ2n) is 4.47. The Morgan fingerprint density at radius 3 is 2.63 bits per heavy atom. The van der Waals surface area contributed by atoms with Crippen LogP contribution in [-0.2, 0) is 4.79 Å². The van der Waals surface area contributed by atoms with Crippen molar-refractivity contribution in [1.29, 1.82) is 0 Å². The number of rotatable bonds is 5. The lowest BCUT2D eigenvalue weighted by molar-refractivity contribution is -0.136. The number of carbonyl (C=O) groups is 1. The minimum absolute atomic E-state index is 0.00241. The summed E-state index contributed by atoms with van der Waals surface area (Å²) in [5.74, 6) is -0.0188. The Morgan fingerprint density at radius 1 is 1.26 bits per heavy atom. The van der Waals surface area contributed by atoms with Gasteiger partial charge in [-0.15, -0.1) is 0 Å². The molecule has 0 bridgehead atoms. The first-order chi connectivity index (χ1) is 9.10. The maximum atomic E-state index is 10.5. The van der Waals surface area contributed by atoms with Gasteiger partial charge in [0.15, 0.2) is 0 Å². The van der Waals surface area contributed by atoms with Crippen molar-refractivity contribution in [2.45, 2.75) is 13.0 Å². The predicted molar refractivity (Wildman–Crippen MR) is 74.6 cm³/mol. The Kier molecular flexibility index (Phi) is 4.02. The van der Waals surface area contributed by atoms with Gasteiger partial charge in [0.05, 0.1) is 13.7 Å². The molecule has 0 aliphatic heterocycles. The summed E-state index contributed by atoms with van der Waals surface area (Å²) >= 11 is 0. The van der Waals surface area contributed by atoms with Crippen molar-refractivity contribution in [2.75, 3.05) is 13.7 Å². The predicted octanol–water partition coefficient (Wildman–Crippen LogP) is 2.58. The highest BCUT2D eigenvalue weighted by Crippen LogP contribution is 2.24. The van der Waals surface area contributed by atoms with Gasteiger partial charge in [-0.1, -0.05) is 18.2 Å². The third kappa shape index (κ3) is 3.23. The van der Waals surface area contributed by atoms with Crippen LogP contribution in [0.3, 0.4) is 0 Å². The zero-order chi connectivity index (χ0) is 13.8. The van der Waals surface area contributed by atoms with Crippen LogP contribution in [0.5, 0.6) is 5.75 Å². The molecule has 4 heteroatoms. The van der Waals surface area contributed by atoms with Crippen molar-refractivity contribution in [3.05, 3.63) is 42.0 Å². The van der Waals surface area contributed by atoms with Gasteiger partial charge in [0.2, 0.25) is 0 Å². The maximum absolute atomic E-state index is 10.5. The van der Waals surface area contributed by atoms with Gasteiger partial charge >= 0.3 is 5.97 Å². The van der Waals surface area contributed by atoms with Crippen LogP contribution in [0.4, 0.5) is 0 Å². The lowest BCUT2D eigenvalue weighted by atomic mass is 10.0. The number of aliphatic carboxylic acids is 1. The monoisotopic (exact) mass is 259 g/mol. The van der Waals surface area contributed by atoms with Crippen molar-refractivity contribution in [1.82, 2.24) is 5.32 Å². The zero-order valence-corrected chi connectivity index (χ0v) is 11.0. The quantitative estimate of drug-likeness (QED) is 0.866. The van der Waals surface area contributed by atoms with Crippen molar-refractivity contribution < 1.29 is 14.6 Å². The van der Waals surface area contributed by atoms with Gasteiger partial charge in [-0.05, 0) is 41.5 Å². The highest BCUT2D eigenvalue weighted by atomic mass is 16.5. The van der Waals surface area contributed by atoms with Crippen LogP contribution < -0.4 is 10.1 Å². The number of hydrogen-bond donors (Lipinski definition) is 2. The van der Waals surface area contributed by atoms with Crippen molar-refractivity contribution in [3.63, 3.8) is 0 Å². The maximum Gasteiger partial charge on any atom is 0.317 e. The fourth-order valence-corrected chi connectivity index (χ4v) is 2.00. The molecule has 100 valence electrons. The average molecular weight is 259 g/mol. The summed E-state index contributed by atoms with van der Waals surface area (Å²) in [6.45, 7) is 1.91. The lowest BCUT2D eigenvalue weighted by Gasteiger charge is -2.13. The van der Waals surface area contributed by atoms with E-state index in [9.17, 15) is 4.79 Å². The summed E-state index contributed by atoms with van der Waals surface area (Å²) in [7, 11) is 1.65. The van der Waals surface area contributed by atoms with Crippen molar-refractivity contribution in [3.8, 4) is 5.75 Å². The Bertz CT molecular complexity index is 595. The second-order valence-corrected chi connectivity index (χ2v) is 4.47. The molecule has 2 rings (SSSR count). The molecular weight excluding hydrogens is 242 g/mol. The number of hydrogen-bond acceptors (Lipinski definition) is 3. The Morgan fingerprint density at radius 2 is 1.95 bits per heavy atom. The first kappa shape index (κ1) is 13.4. The van der Waals surface area contributed by atoms with Crippen LogP contribution in [0.2, 0.25) is 0 Å². The molecule has 0 saturated heterocycles. The summed E-state index contributed by atoms with van der Waals surface area (Å²) < 4.78 is 5.19. The SMILES string of the molecule is COc1ccc2cc(C(C)NCC(=O)O)ccc2c1. The van der Waals surface area contributed by atoms with E-state index in [2.05, 4.69) is 11.4 Å². The average Bonchev–Trinajstić information content (AvgIpc) is 2.43. The lowest BCUT2D eigenvalue weighted by Crippen LogP contribution is -2.25. The summed E-state index contributed by atoms with van der Waals surface area (Å²) in [6.07, 6.45) is 0. The van der Waals surface area contributed by atoms with Crippen molar-refractivity contribution in [2.24, 2.45) is 0 Å². The van der Waals surface area contributed by atoms with Crippen LogP contribution in [0.1, 0.15) is 18.5 Å². The molecule has 4 nitrogen and oxygen atoms in total. The standard InChI is InChI=1S/C15H17NO3/c1-10(16-9-15(17)18)11-3-4-13-8-14(19-2)6-5-12(13)7-11/h3-8,10,16H,9H2,1-2H3,(H,17,18). The molecule has 2 aromatic rings. The summed E-state index contributed by atoms with van der Waals surface area (Å²) in [5, 5.41) is 13.8. The molecule has 1 unspecified atom stereocenters. The smallest absolute Gasteiger partial charge is 0.317 e. The molecule has 0 spiro atoms. The first-order valence-corrected chi connectivity index (χ1v) is 6.13.